The zero-order chi connectivity index (χ0) is 12.3. The number of ether oxygens (including phenoxy) is 1. The summed E-state index contributed by atoms with van der Waals surface area (Å²) >= 11 is 6.08. The van der Waals surface area contributed by atoms with E-state index in [0.717, 1.165) is 30.1 Å². The first-order valence-electron chi connectivity index (χ1n) is 5.51. The lowest BCUT2D eigenvalue weighted by molar-refractivity contribution is 0.412. The fourth-order valence-electron chi connectivity index (χ4n) is 1.73. The minimum Gasteiger partial charge on any atom is -0.495 e. The maximum Gasteiger partial charge on any atom is 0.229 e. The van der Waals surface area contributed by atoms with Crippen molar-refractivity contribution in [2.45, 2.75) is 19.8 Å². The van der Waals surface area contributed by atoms with Gasteiger partial charge in [-0.05, 0) is 30.2 Å². The van der Waals surface area contributed by atoms with Gasteiger partial charge in [0.25, 0.3) is 0 Å². The van der Waals surface area contributed by atoms with Crippen molar-refractivity contribution in [1.29, 1.82) is 0 Å². The predicted octanol–water partition coefficient (Wildman–Crippen LogP) is 2.88. The molecule has 0 N–H and O–H groups in total. The number of methoxy groups -OCH3 is 1. The van der Waals surface area contributed by atoms with Crippen molar-refractivity contribution < 1.29 is 4.74 Å². The fraction of sp³-hybridized carbons (Fsp3) is 0.333. The Labute approximate surface area is 105 Å². The van der Waals surface area contributed by atoms with Gasteiger partial charge in [0.05, 0.1) is 12.8 Å². The van der Waals surface area contributed by atoms with Gasteiger partial charge in [-0.25, -0.2) is 0 Å². The summed E-state index contributed by atoms with van der Waals surface area (Å²) in [6.45, 7) is 2.09. The van der Waals surface area contributed by atoms with Crippen molar-refractivity contribution in [2.75, 3.05) is 7.11 Å². The van der Waals surface area contributed by atoms with Crippen LogP contribution in [0.15, 0.2) is 24.3 Å². The first kappa shape index (κ1) is 11.9. The molecule has 0 fully saturated rings. The number of halogens is 1. The highest BCUT2D eigenvalue weighted by Crippen LogP contribution is 2.26. The summed E-state index contributed by atoms with van der Waals surface area (Å²) in [4.78, 5) is 0. The standard InChI is InChI=1S/C12H14ClN3O/c1-3-6-11-14-15-12(13)16(11)9-7-4-5-8-10(9)17-2/h4-5,7-8H,3,6H2,1-2H3. The van der Waals surface area contributed by atoms with Crippen molar-refractivity contribution in [2.24, 2.45) is 0 Å². The van der Waals surface area contributed by atoms with Crippen LogP contribution in [0.1, 0.15) is 19.2 Å². The Hall–Kier alpha value is -1.55. The maximum atomic E-state index is 6.08. The smallest absolute Gasteiger partial charge is 0.229 e. The number of aromatic nitrogens is 3. The molecule has 0 aliphatic heterocycles. The maximum absolute atomic E-state index is 6.08. The molecule has 0 saturated heterocycles. The van der Waals surface area contributed by atoms with Crippen molar-refractivity contribution in [1.82, 2.24) is 14.8 Å². The first-order chi connectivity index (χ1) is 8.27. The molecule has 0 unspecified atom stereocenters. The third-order valence-electron chi connectivity index (χ3n) is 2.49. The predicted molar refractivity (Wildman–Crippen MR) is 66.9 cm³/mol. The zero-order valence-corrected chi connectivity index (χ0v) is 10.6. The van der Waals surface area contributed by atoms with E-state index in [4.69, 9.17) is 16.3 Å². The van der Waals surface area contributed by atoms with Gasteiger partial charge in [0.1, 0.15) is 11.6 Å². The van der Waals surface area contributed by atoms with Crippen LogP contribution < -0.4 is 4.74 Å². The Morgan fingerprint density at radius 1 is 1.29 bits per heavy atom. The highest BCUT2D eigenvalue weighted by atomic mass is 35.5. The Balaban J connectivity index is 2.55. The summed E-state index contributed by atoms with van der Waals surface area (Å²) in [6, 6.07) is 7.68. The molecule has 2 rings (SSSR count). The van der Waals surface area contributed by atoms with Crippen LogP contribution in [0, 0.1) is 0 Å². The number of para-hydroxylation sites is 2. The zero-order valence-electron chi connectivity index (χ0n) is 9.85. The summed E-state index contributed by atoms with van der Waals surface area (Å²) in [5, 5.41) is 8.35. The molecular formula is C12H14ClN3O. The average molecular weight is 252 g/mol. The lowest BCUT2D eigenvalue weighted by Gasteiger charge is -2.11. The summed E-state index contributed by atoms with van der Waals surface area (Å²) in [5.41, 5.74) is 0.869. The molecule has 5 heteroatoms. The van der Waals surface area contributed by atoms with E-state index in [2.05, 4.69) is 17.1 Å². The van der Waals surface area contributed by atoms with Gasteiger partial charge in [-0.3, -0.25) is 4.57 Å². The van der Waals surface area contributed by atoms with Crippen LogP contribution in [0.5, 0.6) is 5.75 Å². The fourth-order valence-corrected chi connectivity index (χ4v) is 1.96. The lowest BCUT2D eigenvalue weighted by Crippen LogP contribution is -2.03. The van der Waals surface area contributed by atoms with Gasteiger partial charge in [-0.2, -0.15) is 0 Å². The molecule has 1 aromatic heterocycles. The second kappa shape index (κ2) is 5.19. The molecule has 1 heterocycles. The second-order valence-electron chi connectivity index (χ2n) is 3.64. The number of rotatable bonds is 4. The Kier molecular flexibility index (Phi) is 3.64. The monoisotopic (exact) mass is 251 g/mol. The van der Waals surface area contributed by atoms with Crippen LogP contribution in [0.2, 0.25) is 5.28 Å². The van der Waals surface area contributed by atoms with Crippen molar-refractivity contribution >= 4 is 11.6 Å². The van der Waals surface area contributed by atoms with Crippen molar-refractivity contribution in [3.63, 3.8) is 0 Å². The molecular weight excluding hydrogens is 238 g/mol. The molecule has 1 aromatic carbocycles. The van der Waals surface area contributed by atoms with Gasteiger partial charge in [-0.15, -0.1) is 10.2 Å². The molecule has 90 valence electrons. The van der Waals surface area contributed by atoms with E-state index in [0.29, 0.717) is 5.28 Å². The summed E-state index contributed by atoms with van der Waals surface area (Å²) in [7, 11) is 1.64. The lowest BCUT2D eigenvalue weighted by atomic mass is 10.2. The van der Waals surface area contributed by atoms with E-state index in [9.17, 15) is 0 Å². The molecule has 0 aliphatic rings. The number of hydrogen-bond donors (Lipinski definition) is 0. The Morgan fingerprint density at radius 2 is 2.06 bits per heavy atom. The van der Waals surface area contributed by atoms with Crippen molar-refractivity contribution in [3.05, 3.63) is 35.4 Å². The number of benzene rings is 1. The topological polar surface area (TPSA) is 39.9 Å². The highest BCUT2D eigenvalue weighted by molar-refractivity contribution is 6.28. The van der Waals surface area contributed by atoms with Gasteiger partial charge in [-0.1, -0.05) is 19.1 Å². The highest BCUT2D eigenvalue weighted by Gasteiger charge is 2.14. The molecule has 4 nitrogen and oxygen atoms in total. The normalized spacial score (nSPS) is 10.5. The second-order valence-corrected chi connectivity index (χ2v) is 3.98. The van der Waals surface area contributed by atoms with E-state index in [-0.39, 0.29) is 0 Å². The molecule has 0 spiro atoms. The largest absolute Gasteiger partial charge is 0.495 e. The molecule has 0 aliphatic carbocycles. The van der Waals surface area contributed by atoms with Crippen LogP contribution in [-0.4, -0.2) is 21.9 Å². The van der Waals surface area contributed by atoms with Gasteiger partial charge < -0.3 is 4.74 Å². The van der Waals surface area contributed by atoms with Gasteiger partial charge in [0, 0.05) is 6.42 Å². The quantitative estimate of drug-likeness (QED) is 0.839. The number of hydrogen-bond acceptors (Lipinski definition) is 3. The van der Waals surface area contributed by atoms with E-state index in [1.165, 1.54) is 0 Å². The third-order valence-corrected chi connectivity index (χ3v) is 2.73. The molecule has 0 saturated carbocycles. The van der Waals surface area contributed by atoms with Crippen LogP contribution in [0.25, 0.3) is 5.69 Å². The summed E-state index contributed by atoms with van der Waals surface area (Å²) < 4.78 is 7.15. The molecule has 0 radical (unpaired) electrons. The first-order valence-corrected chi connectivity index (χ1v) is 5.89. The molecule has 17 heavy (non-hydrogen) atoms. The SMILES string of the molecule is CCCc1nnc(Cl)n1-c1ccccc1OC. The van der Waals surface area contributed by atoms with E-state index in [1.807, 2.05) is 28.8 Å². The van der Waals surface area contributed by atoms with Crippen LogP contribution in [0.4, 0.5) is 0 Å². The van der Waals surface area contributed by atoms with Crippen LogP contribution in [-0.2, 0) is 6.42 Å². The molecule has 2 aromatic rings. The molecule has 0 atom stereocenters. The summed E-state index contributed by atoms with van der Waals surface area (Å²) in [5.74, 6) is 1.61. The van der Waals surface area contributed by atoms with Gasteiger partial charge in [0.2, 0.25) is 5.28 Å². The number of nitrogens with zero attached hydrogens (tertiary/aromatic N) is 3. The third kappa shape index (κ3) is 2.26. The van der Waals surface area contributed by atoms with Crippen LogP contribution >= 0.6 is 11.6 Å². The van der Waals surface area contributed by atoms with E-state index < -0.39 is 0 Å². The van der Waals surface area contributed by atoms with E-state index >= 15 is 0 Å². The van der Waals surface area contributed by atoms with Gasteiger partial charge in [0.15, 0.2) is 0 Å². The Bertz CT molecular complexity index is 510. The average Bonchev–Trinajstić information content (AvgIpc) is 2.71. The van der Waals surface area contributed by atoms with E-state index in [1.54, 1.807) is 7.11 Å². The molecule has 0 bridgehead atoms. The Morgan fingerprint density at radius 3 is 2.76 bits per heavy atom. The van der Waals surface area contributed by atoms with Crippen LogP contribution in [0.3, 0.4) is 0 Å². The van der Waals surface area contributed by atoms with Crippen molar-refractivity contribution in [3.8, 4) is 11.4 Å². The minimum atomic E-state index is 0.359. The van der Waals surface area contributed by atoms with Gasteiger partial charge >= 0.3 is 0 Å². The molecule has 0 amide bonds. The minimum absolute atomic E-state index is 0.359. The number of aryl methyl sites for hydroxylation is 1. The summed E-state index contributed by atoms with van der Waals surface area (Å²) in [6.07, 6.45) is 1.82.